The molecule has 0 saturated heterocycles. The highest BCUT2D eigenvalue weighted by atomic mass is 32.2. The maximum atomic E-state index is 11.8. The Kier molecular flexibility index (Phi) is 8.61. The largest absolute Gasteiger partial charge is 0.481 e. The second-order valence-electron chi connectivity index (χ2n) is 3.66. The summed E-state index contributed by atoms with van der Waals surface area (Å²) in [5, 5.41) is 10.8. The molecule has 0 heterocycles. The van der Waals surface area contributed by atoms with Gasteiger partial charge in [-0.05, 0) is 12.8 Å². The Morgan fingerprint density at radius 3 is 2.39 bits per heavy atom. The first-order chi connectivity index (χ1) is 8.31. The van der Waals surface area contributed by atoms with E-state index in [2.05, 4.69) is 5.32 Å². The molecule has 0 unspecified atom stereocenters. The van der Waals surface area contributed by atoms with Gasteiger partial charge in [-0.25, -0.2) is 0 Å². The zero-order valence-corrected chi connectivity index (χ0v) is 10.6. The number of hydrogen-bond donors (Lipinski definition) is 2. The van der Waals surface area contributed by atoms with Gasteiger partial charge in [0.25, 0.3) is 0 Å². The Morgan fingerprint density at radius 1 is 1.17 bits per heavy atom. The SMILES string of the molecule is O=C(O)CCCCCNC(=O)CSCC(F)(F)F. The molecule has 0 rings (SSSR count). The standard InChI is InChI=1S/C10H16F3NO3S/c11-10(12,13)7-18-6-8(15)14-5-3-1-2-4-9(16)17/h1-7H2,(H,14,15)(H,16,17). The number of aliphatic carboxylic acids is 1. The minimum absolute atomic E-state index is 0.0926. The van der Waals surface area contributed by atoms with Gasteiger partial charge < -0.3 is 10.4 Å². The second-order valence-corrected chi connectivity index (χ2v) is 4.65. The summed E-state index contributed by atoms with van der Waals surface area (Å²) in [6, 6.07) is 0. The fraction of sp³-hybridized carbons (Fsp3) is 0.800. The Bertz CT molecular complexity index is 272. The van der Waals surface area contributed by atoms with Crippen molar-refractivity contribution >= 4 is 23.6 Å². The van der Waals surface area contributed by atoms with Crippen LogP contribution in [0.15, 0.2) is 0 Å². The van der Waals surface area contributed by atoms with Gasteiger partial charge in [0.1, 0.15) is 0 Å². The molecule has 0 saturated carbocycles. The highest BCUT2D eigenvalue weighted by Gasteiger charge is 2.27. The van der Waals surface area contributed by atoms with E-state index in [-0.39, 0.29) is 12.2 Å². The average molecular weight is 287 g/mol. The number of carboxylic acids is 1. The molecule has 0 aliphatic rings. The van der Waals surface area contributed by atoms with Gasteiger partial charge in [-0.2, -0.15) is 13.2 Å². The zero-order chi connectivity index (χ0) is 14.0. The lowest BCUT2D eigenvalue weighted by Crippen LogP contribution is -2.27. The summed E-state index contributed by atoms with van der Waals surface area (Å²) >= 11 is 0.526. The minimum Gasteiger partial charge on any atom is -0.481 e. The summed E-state index contributed by atoms with van der Waals surface area (Å²) < 4.78 is 35.3. The van der Waals surface area contributed by atoms with Crippen LogP contribution in [0.5, 0.6) is 0 Å². The third-order valence-electron chi connectivity index (χ3n) is 1.89. The molecular formula is C10H16F3NO3S. The van der Waals surface area contributed by atoms with Gasteiger partial charge in [-0.1, -0.05) is 6.42 Å². The van der Waals surface area contributed by atoms with E-state index < -0.39 is 23.8 Å². The molecule has 0 aliphatic heterocycles. The summed E-state index contributed by atoms with van der Waals surface area (Å²) in [6.45, 7) is 0.366. The first-order valence-corrected chi connectivity index (χ1v) is 6.60. The van der Waals surface area contributed by atoms with Gasteiger partial charge in [0, 0.05) is 13.0 Å². The van der Waals surface area contributed by atoms with Crippen LogP contribution in [-0.2, 0) is 9.59 Å². The van der Waals surface area contributed by atoms with E-state index in [1.807, 2.05) is 0 Å². The number of rotatable bonds is 9. The van der Waals surface area contributed by atoms with Crippen molar-refractivity contribution < 1.29 is 27.9 Å². The smallest absolute Gasteiger partial charge is 0.397 e. The molecule has 0 fully saturated rings. The van der Waals surface area contributed by atoms with Gasteiger partial charge in [0.15, 0.2) is 0 Å². The number of carbonyl (C=O) groups excluding carboxylic acids is 1. The van der Waals surface area contributed by atoms with E-state index in [0.29, 0.717) is 37.6 Å². The number of carboxylic acid groups (broad SMARTS) is 1. The number of amides is 1. The van der Waals surface area contributed by atoms with Crippen LogP contribution in [0.3, 0.4) is 0 Å². The first-order valence-electron chi connectivity index (χ1n) is 5.44. The van der Waals surface area contributed by atoms with Crippen molar-refractivity contribution in [3.8, 4) is 0 Å². The van der Waals surface area contributed by atoms with Gasteiger partial charge in [0.05, 0.1) is 11.5 Å². The highest BCUT2D eigenvalue weighted by Crippen LogP contribution is 2.20. The molecule has 0 aromatic rings. The quantitative estimate of drug-likeness (QED) is 0.637. The molecule has 0 aromatic heterocycles. The number of carbonyl (C=O) groups is 2. The molecule has 106 valence electrons. The summed E-state index contributed by atoms with van der Waals surface area (Å²) in [5.41, 5.74) is 0. The molecule has 18 heavy (non-hydrogen) atoms. The van der Waals surface area contributed by atoms with Crippen molar-refractivity contribution in [3.05, 3.63) is 0 Å². The predicted octanol–water partition coefficient (Wildman–Crippen LogP) is 2.04. The number of halogens is 3. The maximum Gasteiger partial charge on any atom is 0.397 e. The molecular weight excluding hydrogens is 271 g/mol. The summed E-state index contributed by atoms with van der Waals surface area (Å²) in [4.78, 5) is 21.3. The van der Waals surface area contributed by atoms with Crippen molar-refractivity contribution in [2.45, 2.75) is 31.9 Å². The van der Waals surface area contributed by atoms with Gasteiger partial charge in [-0.3, -0.25) is 9.59 Å². The molecule has 4 nitrogen and oxygen atoms in total. The van der Waals surface area contributed by atoms with Crippen LogP contribution < -0.4 is 5.32 Å². The van der Waals surface area contributed by atoms with Crippen molar-refractivity contribution in [1.29, 1.82) is 0 Å². The molecule has 2 N–H and O–H groups in total. The average Bonchev–Trinajstić information content (AvgIpc) is 2.20. The lowest BCUT2D eigenvalue weighted by molar-refractivity contribution is -0.137. The van der Waals surface area contributed by atoms with Crippen LogP contribution in [0.4, 0.5) is 13.2 Å². The van der Waals surface area contributed by atoms with Gasteiger partial charge in [-0.15, -0.1) is 11.8 Å². The molecule has 0 aliphatic carbocycles. The number of nitrogens with one attached hydrogen (secondary N) is 1. The van der Waals surface area contributed by atoms with Gasteiger partial charge >= 0.3 is 12.1 Å². The molecule has 0 atom stereocenters. The van der Waals surface area contributed by atoms with Crippen molar-refractivity contribution in [1.82, 2.24) is 5.32 Å². The minimum atomic E-state index is -4.25. The van der Waals surface area contributed by atoms with Crippen LogP contribution in [0.25, 0.3) is 0 Å². The topological polar surface area (TPSA) is 66.4 Å². The molecule has 0 radical (unpaired) electrons. The Hall–Kier alpha value is -0.920. The number of alkyl halides is 3. The van der Waals surface area contributed by atoms with Crippen molar-refractivity contribution in [2.24, 2.45) is 0 Å². The van der Waals surface area contributed by atoms with E-state index in [1.165, 1.54) is 0 Å². The predicted molar refractivity (Wildman–Crippen MR) is 62.5 cm³/mol. The van der Waals surface area contributed by atoms with Crippen LogP contribution in [0.2, 0.25) is 0 Å². The van der Waals surface area contributed by atoms with Crippen LogP contribution >= 0.6 is 11.8 Å². The molecule has 0 aromatic carbocycles. The van der Waals surface area contributed by atoms with Gasteiger partial charge in [0.2, 0.25) is 5.91 Å². The van der Waals surface area contributed by atoms with E-state index in [4.69, 9.17) is 5.11 Å². The van der Waals surface area contributed by atoms with Crippen molar-refractivity contribution in [2.75, 3.05) is 18.1 Å². The lowest BCUT2D eigenvalue weighted by Gasteiger charge is -2.06. The normalized spacial score (nSPS) is 11.3. The fourth-order valence-electron chi connectivity index (χ4n) is 1.12. The lowest BCUT2D eigenvalue weighted by atomic mass is 10.2. The Morgan fingerprint density at radius 2 is 1.83 bits per heavy atom. The van der Waals surface area contributed by atoms with Crippen molar-refractivity contribution in [3.63, 3.8) is 0 Å². The first kappa shape index (κ1) is 17.1. The number of hydrogen-bond acceptors (Lipinski definition) is 3. The number of thioether (sulfide) groups is 1. The molecule has 0 spiro atoms. The Labute approximate surface area is 107 Å². The molecule has 0 bridgehead atoms. The maximum absolute atomic E-state index is 11.8. The Balaban J connectivity index is 3.35. The van der Waals surface area contributed by atoms with Crippen LogP contribution in [-0.4, -0.2) is 41.2 Å². The van der Waals surface area contributed by atoms with E-state index in [1.54, 1.807) is 0 Å². The zero-order valence-electron chi connectivity index (χ0n) is 9.76. The third kappa shape index (κ3) is 13.1. The summed E-state index contributed by atoms with van der Waals surface area (Å²) in [6.07, 6.45) is -2.32. The van der Waals surface area contributed by atoms with Crippen LogP contribution in [0, 0.1) is 0 Å². The number of unbranched alkanes of at least 4 members (excludes halogenated alkanes) is 2. The summed E-state index contributed by atoms with van der Waals surface area (Å²) in [5.74, 6) is -2.53. The second kappa shape index (κ2) is 9.07. The summed E-state index contributed by atoms with van der Waals surface area (Å²) in [7, 11) is 0. The van der Waals surface area contributed by atoms with E-state index in [9.17, 15) is 22.8 Å². The highest BCUT2D eigenvalue weighted by molar-refractivity contribution is 8.00. The fourth-order valence-corrected chi connectivity index (χ4v) is 1.74. The van der Waals surface area contributed by atoms with E-state index in [0.717, 1.165) is 0 Å². The molecule has 8 heteroatoms. The van der Waals surface area contributed by atoms with Crippen LogP contribution in [0.1, 0.15) is 25.7 Å². The van der Waals surface area contributed by atoms with E-state index >= 15 is 0 Å². The third-order valence-corrected chi connectivity index (χ3v) is 2.89. The monoisotopic (exact) mass is 287 g/mol. The molecule has 1 amide bonds.